The van der Waals surface area contributed by atoms with Crippen LogP contribution in [0.15, 0.2) is 24.3 Å². The van der Waals surface area contributed by atoms with Crippen molar-refractivity contribution in [3.05, 3.63) is 35.6 Å². The van der Waals surface area contributed by atoms with Crippen molar-refractivity contribution in [1.29, 1.82) is 0 Å². The Morgan fingerprint density at radius 3 is 2.11 bits per heavy atom. The Balaban J connectivity index is 2.74. The Morgan fingerprint density at radius 2 is 1.67 bits per heavy atom. The van der Waals surface area contributed by atoms with Gasteiger partial charge in [0.1, 0.15) is 11.9 Å². The Kier molecular flexibility index (Phi) is 5.29. The van der Waals surface area contributed by atoms with Crippen molar-refractivity contribution in [1.82, 2.24) is 0 Å². The molecule has 0 spiro atoms. The van der Waals surface area contributed by atoms with Crippen LogP contribution in [-0.2, 0) is 9.78 Å². The average Bonchev–Trinajstić information content (AvgIpc) is 2.24. The van der Waals surface area contributed by atoms with Gasteiger partial charge in [0, 0.05) is 0 Å². The molecular weight excluding hydrogens is 231 g/mol. The molecule has 3 heteroatoms. The highest BCUT2D eigenvalue weighted by atomic mass is 19.1. The van der Waals surface area contributed by atoms with E-state index in [0.29, 0.717) is 5.92 Å². The van der Waals surface area contributed by atoms with Crippen molar-refractivity contribution >= 4 is 0 Å². The van der Waals surface area contributed by atoms with Gasteiger partial charge in [0.2, 0.25) is 0 Å². The van der Waals surface area contributed by atoms with Crippen LogP contribution in [0.1, 0.15) is 52.7 Å². The SMILES string of the molecule is CC(C)CC(OOC(C)(C)C)c1ccc(F)cc1. The third-order valence-electron chi connectivity index (χ3n) is 2.34. The zero-order valence-corrected chi connectivity index (χ0v) is 11.9. The van der Waals surface area contributed by atoms with E-state index in [-0.39, 0.29) is 17.5 Å². The largest absolute Gasteiger partial charge is 0.230 e. The smallest absolute Gasteiger partial charge is 0.123 e. The molecule has 0 aromatic heterocycles. The van der Waals surface area contributed by atoms with Crippen LogP contribution >= 0.6 is 0 Å². The van der Waals surface area contributed by atoms with Gasteiger partial charge in [-0.25, -0.2) is 14.2 Å². The molecule has 0 saturated carbocycles. The third-order valence-corrected chi connectivity index (χ3v) is 2.34. The molecule has 1 unspecified atom stereocenters. The zero-order chi connectivity index (χ0) is 13.8. The Morgan fingerprint density at radius 1 is 1.11 bits per heavy atom. The molecule has 102 valence electrons. The van der Waals surface area contributed by atoms with E-state index in [1.54, 1.807) is 12.1 Å². The number of benzene rings is 1. The molecule has 1 aromatic rings. The van der Waals surface area contributed by atoms with Gasteiger partial charge >= 0.3 is 0 Å². The Labute approximate surface area is 109 Å². The van der Waals surface area contributed by atoms with E-state index in [9.17, 15) is 4.39 Å². The van der Waals surface area contributed by atoms with Crippen LogP contribution in [0, 0.1) is 11.7 Å². The lowest BCUT2D eigenvalue weighted by molar-refractivity contribution is -0.377. The fraction of sp³-hybridized carbons (Fsp3) is 0.600. The van der Waals surface area contributed by atoms with E-state index in [4.69, 9.17) is 9.78 Å². The number of halogens is 1. The van der Waals surface area contributed by atoms with Gasteiger partial charge in [-0.1, -0.05) is 26.0 Å². The Bertz CT molecular complexity index is 352. The van der Waals surface area contributed by atoms with Crippen LogP contribution in [0.25, 0.3) is 0 Å². The van der Waals surface area contributed by atoms with Crippen LogP contribution in [0.4, 0.5) is 4.39 Å². The van der Waals surface area contributed by atoms with Gasteiger partial charge in [-0.3, -0.25) is 0 Å². The predicted molar refractivity (Wildman–Crippen MR) is 70.5 cm³/mol. The van der Waals surface area contributed by atoms with E-state index in [1.165, 1.54) is 12.1 Å². The third kappa shape index (κ3) is 5.61. The molecule has 0 amide bonds. The molecule has 0 saturated heterocycles. The summed E-state index contributed by atoms with van der Waals surface area (Å²) in [5, 5.41) is 0. The highest BCUT2D eigenvalue weighted by Gasteiger charge is 2.19. The Hall–Kier alpha value is -0.930. The average molecular weight is 254 g/mol. The highest BCUT2D eigenvalue weighted by molar-refractivity contribution is 5.18. The van der Waals surface area contributed by atoms with Gasteiger partial charge in [0.05, 0.1) is 5.60 Å². The number of rotatable bonds is 5. The van der Waals surface area contributed by atoms with Crippen LogP contribution in [-0.4, -0.2) is 5.60 Å². The summed E-state index contributed by atoms with van der Waals surface area (Å²) in [7, 11) is 0. The van der Waals surface area contributed by atoms with E-state index >= 15 is 0 Å². The van der Waals surface area contributed by atoms with Gasteiger partial charge in [0.15, 0.2) is 0 Å². The minimum Gasteiger partial charge on any atom is -0.230 e. The quantitative estimate of drug-likeness (QED) is 0.562. The molecule has 18 heavy (non-hydrogen) atoms. The first-order valence-corrected chi connectivity index (χ1v) is 6.38. The van der Waals surface area contributed by atoms with Gasteiger partial charge in [-0.15, -0.1) is 0 Å². The number of hydrogen-bond acceptors (Lipinski definition) is 2. The minimum absolute atomic E-state index is 0.162. The molecule has 0 radical (unpaired) electrons. The van der Waals surface area contributed by atoms with Crippen LogP contribution < -0.4 is 0 Å². The first kappa shape index (κ1) is 15.1. The summed E-state index contributed by atoms with van der Waals surface area (Å²) < 4.78 is 12.9. The summed E-state index contributed by atoms with van der Waals surface area (Å²) in [6.07, 6.45) is 0.673. The minimum atomic E-state index is -0.352. The number of hydrogen-bond donors (Lipinski definition) is 0. The molecule has 0 bridgehead atoms. The lowest BCUT2D eigenvalue weighted by Crippen LogP contribution is -2.21. The van der Waals surface area contributed by atoms with Gasteiger partial charge in [0.25, 0.3) is 0 Å². The lowest BCUT2D eigenvalue weighted by atomic mass is 10.00. The van der Waals surface area contributed by atoms with Crippen molar-refractivity contribution in [2.45, 2.75) is 52.7 Å². The fourth-order valence-corrected chi connectivity index (χ4v) is 1.54. The maximum atomic E-state index is 12.9. The molecule has 1 aromatic carbocycles. The zero-order valence-electron chi connectivity index (χ0n) is 11.9. The van der Waals surface area contributed by atoms with Gasteiger partial charge < -0.3 is 0 Å². The summed E-state index contributed by atoms with van der Waals surface area (Å²) in [5.74, 6) is 0.238. The summed E-state index contributed by atoms with van der Waals surface area (Å²) in [6, 6.07) is 6.38. The molecule has 0 aliphatic carbocycles. The summed E-state index contributed by atoms with van der Waals surface area (Å²) in [4.78, 5) is 10.9. The fourth-order valence-electron chi connectivity index (χ4n) is 1.54. The van der Waals surface area contributed by atoms with Crippen molar-refractivity contribution in [2.24, 2.45) is 5.92 Å². The molecule has 0 N–H and O–H groups in total. The van der Waals surface area contributed by atoms with Crippen molar-refractivity contribution in [3.8, 4) is 0 Å². The molecule has 0 heterocycles. The predicted octanol–water partition coefficient (Wildman–Crippen LogP) is 4.66. The first-order valence-electron chi connectivity index (χ1n) is 6.38. The summed E-state index contributed by atoms with van der Waals surface area (Å²) in [5.41, 5.74) is 0.587. The monoisotopic (exact) mass is 254 g/mol. The highest BCUT2D eigenvalue weighted by Crippen LogP contribution is 2.27. The normalized spacial score (nSPS) is 13.9. The summed E-state index contributed by atoms with van der Waals surface area (Å²) in [6.45, 7) is 10.0. The lowest BCUT2D eigenvalue weighted by Gasteiger charge is -2.24. The second-order valence-corrected chi connectivity index (χ2v) is 5.96. The molecule has 2 nitrogen and oxygen atoms in total. The molecular formula is C15H23FO2. The maximum Gasteiger partial charge on any atom is 0.123 e. The summed E-state index contributed by atoms with van der Waals surface area (Å²) >= 11 is 0. The van der Waals surface area contributed by atoms with E-state index < -0.39 is 0 Å². The van der Waals surface area contributed by atoms with Crippen molar-refractivity contribution < 1.29 is 14.2 Å². The molecule has 0 aliphatic rings. The van der Waals surface area contributed by atoms with Gasteiger partial charge in [-0.05, 0) is 50.8 Å². The second kappa shape index (κ2) is 6.30. The van der Waals surface area contributed by atoms with Crippen LogP contribution in [0.2, 0.25) is 0 Å². The van der Waals surface area contributed by atoms with E-state index in [0.717, 1.165) is 12.0 Å². The standard InChI is InChI=1S/C15H23FO2/c1-11(2)10-14(17-18-15(3,4)5)12-6-8-13(16)9-7-12/h6-9,11,14H,10H2,1-5H3. The van der Waals surface area contributed by atoms with Crippen molar-refractivity contribution in [3.63, 3.8) is 0 Å². The molecule has 1 rings (SSSR count). The molecule has 0 aliphatic heterocycles. The van der Waals surface area contributed by atoms with Crippen LogP contribution in [0.5, 0.6) is 0 Å². The maximum absolute atomic E-state index is 12.9. The van der Waals surface area contributed by atoms with Crippen molar-refractivity contribution in [2.75, 3.05) is 0 Å². The van der Waals surface area contributed by atoms with E-state index in [2.05, 4.69) is 13.8 Å². The van der Waals surface area contributed by atoms with E-state index in [1.807, 2.05) is 20.8 Å². The first-order chi connectivity index (χ1) is 8.28. The second-order valence-electron chi connectivity index (χ2n) is 5.96. The van der Waals surface area contributed by atoms with Gasteiger partial charge in [-0.2, -0.15) is 0 Å². The van der Waals surface area contributed by atoms with Crippen LogP contribution in [0.3, 0.4) is 0 Å². The molecule has 1 atom stereocenters. The molecule has 0 fully saturated rings. The topological polar surface area (TPSA) is 18.5 Å².